The van der Waals surface area contributed by atoms with E-state index in [2.05, 4.69) is 26.1 Å². The summed E-state index contributed by atoms with van der Waals surface area (Å²) < 4.78 is 6.96. The highest BCUT2D eigenvalue weighted by atomic mass is 35.5. The van der Waals surface area contributed by atoms with Crippen molar-refractivity contribution in [2.24, 2.45) is 0 Å². The van der Waals surface area contributed by atoms with E-state index in [1.54, 1.807) is 66.2 Å². The first-order valence-electron chi connectivity index (χ1n) is 16.0. The normalized spacial score (nSPS) is 13.9. The van der Waals surface area contributed by atoms with Crippen molar-refractivity contribution in [1.29, 1.82) is 0 Å². The third kappa shape index (κ3) is 7.31. The molecule has 1 saturated carbocycles. The Bertz CT molecular complexity index is 1880. The molecule has 3 amide bonds. The Labute approximate surface area is 283 Å². The molecular formula is C36H36ClN7O4. The van der Waals surface area contributed by atoms with E-state index in [9.17, 15) is 14.4 Å². The molecule has 0 bridgehead atoms. The number of benzene rings is 3. The lowest BCUT2D eigenvalue weighted by Crippen LogP contribution is -2.46. The van der Waals surface area contributed by atoms with Gasteiger partial charge in [-0.05, 0) is 61.7 Å². The van der Waals surface area contributed by atoms with Gasteiger partial charge in [0.05, 0.1) is 17.9 Å². The van der Waals surface area contributed by atoms with Crippen LogP contribution in [0.25, 0.3) is 16.9 Å². The molecule has 11 nitrogen and oxygen atoms in total. The smallest absolute Gasteiger partial charge is 0.274 e. The predicted molar refractivity (Wildman–Crippen MR) is 182 cm³/mol. The topological polar surface area (TPSA) is 135 Å². The summed E-state index contributed by atoms with van der Waals surface area (Å²) in [5.41, 5.74) is 4.10. The fraction of sp³-hybridized carbons (Fsp3) is 0.278. The molecule has 6 rings (SSSR count). The number of halogens is 1. The van der Waals surface area contributed by atoms with Crippen molar-refractivity contribution in [2.75, 3.05) is 4.90 Å². The molecule has 1 atom stereocenters. The second-order valence-electron chi connectivity index (χ2n) is 11.9. The molecule has 3 aromatic carbocycles. The number of anilines is 1. The molecule has 5 aromatic rings. The highest BCUT2D eigenvalue weighted by Gasteiger charge is 2.33. The number of rotatable bonds is 10. The van der Waals surface area contributed by atoms with Gasteiger partial charge in [-0.3, -0.25) is 19.3 Å². The van der Waals surface area contributed by atoms with Crippen LogP contribution in [0.1, 0.15) is 72.6 Å². The molecule has 12 heteroatoms. The lowest BCUT2D eigenvalue weighted by Gasteiger charge is -2.33. The van der Waals surface area contributed by atoms with E-state index in [1.165, 1.54) is 11.8 Å². The Kier molecular flexibility index (Phi) is 9.96. The lowest BCUT2D eigenvalue weighted by atomic mass is 9.94. The van der Waals surface area contributed by atoms with Crippen molar-refractivity contribution in [3.8, 4) is 16.9 Å². The summed E-state index contributed by atoms with van der Waals surface area (Å²) in [6.45, 7) is 3.33. The summed E-state index contributed by atoms with van der Waals surface area (Å²) in [6, 6.07) is 24.6. The van der Waals surface area contributed by atoms with Gasteiger partial charge in [0, 0.05) is 35.3 Å². The summed E-state index contributed by atoms with van der Waals surface area (Å²) in [4.78, 5) is 41.6. The van der Waals surface area contributed by atoms with Crippen LogP contribution < -0.4 is 15.5 Å². The van der Waals surface area contributed by atoms with E-state index in [1.807, 2.05) is 30.3 Å². The van der Waals surface area contributed by atoms with Crippen LogP contribution >= 0.6 is 11.6 Å². The number of carbonyl (C=O) groups excluding carboxylic acids is 3. The number of nitrogens with zero attached hydrogens (tertiary/aromatic N) is 5. The Morgan fingerprint density at radius 3 is 2.38 bits per heavy atom. The number of hydrogen-bond donors (Lipinski definition) is 2. The average molecular weight is 666 g/mol. The molecule has 1 unspecified atom stereocenters. The zero-order valence-corrected chi connectivity index (χ0v) is 27.5. The van der Waals surface area contributed by atoms with Gasteiger partial charge in [0.1, 0.15) is 11.7 Å². The van der Waals surface area contributed by atoms with Gasteiger partial charge in [0.25, 0.3) is 5.91 Å². The van der Waals surface area contributed by atoms with Gasteiger partial charge in [-0.15, -0.1) is 5.10 Å². The Morgan fingerprint density at radius 1 is 0.979 bits per heavy atom. The third-order valence-corrected chi connectivity index (χ3v) is 8.77. The molecule has 0 saturated heterocycles. The molecule has 1 aliphatic rings. The molecule has 1 aliphatic carbocycles. The van der Waals surface area contributed by atoms with Crippen molar-refractivity contribution in [3.63, 3.8) is 0 Å². The largest absolute Gasteiger partial charge is 0.359 e. The number of hydrogen-bond acceptors (Lipinski definition) is 7. The van der Waals surface area contributed by atoms with E-state index in [0.717, 1.165) is 37.7 Å². The Morgan fingerprint density at radius 2 is 1.69 bits per heavy atom. The van der Waals surface area contributed by atoms with Crippen LogP contribution in [-0.2, 0) is 16.1 Å². The van der Waals surface area contributed by atoms with E-state index in [0.29, 0.717) is 39.1 Å². The van der Waals surface area contributed by atoms with Crippen LogP contribution in [0, 0.1) is 6.92 Å². The van der Waals surface area contributed by atoms with E-state index in [-0.39, 0.29) is 30.1 Å². The first-order chi connectivity index (χ1) is 23.3. The van der Waals surface area contributed by atoms with Crippen molar-refractivity contribution >= 4 is 35.0 Å². The van der Waals surface area contributed by atoms with Crippen molar-refractivity contribution in [2.45, 2.75) is 64.6 Å². The first kappa shape index (κ1) is 32.6. The first-order valence-corrected chi connectivity index (χ1v) is 16.3. The van der Waals surface area contributed by atoms with Gasteiger partial charge in [-0.1, -0.05) is 83.7 Å². The highest BCUT2D eigenvalue weighted by molar-refractivity contribution is 6.30. The summed E-state index contributed by atoms with van der Waals surface area (Å²) in [5, 5.41) is 19.0. The van der Waals surface area contributed by atoms with E-state index in [4.69, 9.17) is 16.1 Å². The monoisotopic (exact) mass is 665 g/mol. The van der Waals surface area contributed by atoms with Gasteiger partial charge in [0.15, 0.2) is 11.5 Å². The molecule has 2 N–H and O–H groups in total. The summed E-state index contributed by atoms with van der Waals surface area (Å²) in [6.07, 6.45) is 5.10. The molecule has 0 spiro atoms. The van der Waals surface area contributed by atoms with Crippen molar-refractivity contribution in [3.05, 3.63) is 113 Å². The molecule has 1 fully saturated rings. The fourth-order valence-corrected chi connectivity index (χ4v) is 6.16. The standard InChI is InChI=1S/C36H36ClN7O4/c1-23-33(35(46)38-22-31-21-32(41-48-31)25-9-5-3-6-10-25)40-42-44(23)30-17-13-26(14-18-30)34(36(47)39-28-11-7-4-8-12-28)43(24(2)45)29-19-15-27(37)16-20-29/h3,5-6,9-10,13-21,28,34H,4,7-8,11-12,22H2,1-2H3,(H,38,46)(H,39,47). The van der Waals surface area contributed by atoms with Gasteiger partial charge < -0.3 is 15.2 Å². The van der Waals surface area contributed by atoms with Crippen LogP contribution in [0.2, 0.25) is 5.02 Å². The fourth-order valence-electron chi connectivity index (χ4n) is 6.03. The minimum Gasteiger partial charge on any atom is -0.359 e. The SMILES string of the molecule is CC(=O)N(c1ccc(Cl)cc1)C(C(=O)NC1CCCCC1)c1ccc(-n2nnc(C(=O)NCc3cc(-c4ccccc4)no3)c2C)cc1. The van der Waals surface area contributed by atoms with Crippen LogP contribution in [0.4, 0.5) is 5.69 Å². The maximum Gasteiger partial charge on any atom is 0.274 e. The van der Waals surface area contributed by atoms with Crippen molar-refractivity contribution in [1.82, 2.24) is 30.8 Å². The average Bonchev–Trinajstić information content (AvgIpc) is 3.74. The van der Waals surface area contributed by atoms with Crippen LogP contribution in [0.5, 0.6) is 0 Å². The Hall–Kier alpha value is -5.29. The second kappa shape index (κ2) is 14.6. The van der Waals surface area contributed by atoms with Crippen LogP contribution in [-0.4, -0.2) is 43.9 Å². The van der Waals surface area contributed by atoms with E-state index >= 15 is 0 Å². The predicted octanol–water partition coefficient (Wildman–Crippen LogP) is 6.36. The zero-order chi connectivity index (χ0) is 33.6. The van der Waals surface area contributed by atoms with Gasteiger partial charge in [-0.2, -0.15) is 0 Å². The molecule has 48 heavy (non-hydrogen) atoms. The molecule has 246 valence electrons. The molecule has 2 aromatic heterocycles. The molecule has 0 radical (unpaired) electrons. The maximum atomic E-state index is 13.9. The molecule has 2 heterocycles. The minimum atomic E-state index is -0.920. The summed E-state index contributed by atoms with van der Waals surface area (Å²) in [7, 11) is 0. The zero-order valence-electron chi connectivity index (χ0n) is 26.7. The van der Waals surface area contributed by atoms with Gasteiger partial charge >= 0.3 is 0 Å². The van der Waals surface area contributed by atoms with Crippen molar-refractivity contribution < 1.29 is 18.9 Å². The quantitative estimate of drug-likeness (QED) is 0.177. The van der Waals surface area contributed by atoms with E-state index < -0.39 is 11.9 Å². The number of amides is 3. The maximum absolute atomic E-state index is 13.9. The number of carbonyl (C=O) groups is 3. The lowest BCUT2D eigenvalue weighted by molar-refractivity contribution is -0.126. The van der Waals surface area contributed by atoms with Crippen LogP contribution in [0.3, 0.4) is 0 Å². The minimum absolute atomic E-state index is 0.0596. The van der Waals surface area contributed by atoms with Gasteiger partial charge in [0.2, 0.25) is 11.8 Å². The number of nitrogens with one attached hydrogen (secondary N) is 2. The summed E-state index contributed by atoms with van der Waals surface area (Å²) >= 11 is 6.13. The number of aromatic nitrogens is 4. The molecular weight excluding hydrogens is 630 g/mol. The van der Waals surface area contributed by atoms with Crippen LogP contribution in [0.15, 0.2) is 89.5 Å². The third-order valence-electron chi connectivity index (χ3n) is 8.52. The summed E-state index contributed by atoms with van der Waals surface area (Å²) in [5.74, 6) is -0.441. The molecule has 0 aliphatic heterocycles. The highest BCUT2D eigenvalue weighted by Crippen LogP contribution is 2.31. The van der Waals surface area contributed by atoms with Gasteiger partial charge in [-0.25, -0.2) is 4.68 Å². The second-order valence-corrected chi connectivity index (χ2v) is 12.3. The Balaban J connectivity index is 1.20.